The zero-order chi connectivity index (χ0) is 9.14. The van der Waals surface area contributed by atoms with Crippen molar-refractivity contribution in [3.8, 4) is 0 Å². The first kappa shape index (κ1) is 8.69. The van der Waals surface area contributed by atoms with Crippen LogP contribution in [0.15, 0.2) is 0 Å². The summed E-state index contributed by atoms with van der Waals surface area (Å²) in [6.45, 7) is 1.39. The molecule has 0 spiro atoms. The number of hydrogen-bond donors (Lipinski definition) is 4. The van der Waals surface area contributed by atoms with E-state index < -0.39 is 5.91 Å². The first-order valence-corrected chi connectivity index (χ1v) is 3.36. The highest BCUT2D eigenvalue weighted by Crippen LogP contribution is 2.09. The Bertz CT molecular complexity index is 294. The molecule has 1 rings (SSSR count). The smallest absolute Gasteiger partial charge is 0.269 e. The van der Waals surface area contributed by atoms with Gasteiger partial charge >= 0.3 is 0 Å². The van der Waals surface area contributed by atoms with Crippen LogP contribution in [0.2, 0.25) is 0 Å². The van der Waals surface area contributed by atoms with Gasteiger partial charge < -0.3 is 5.11 Å². The lowest BCUT2D eigenvalue weighted by molar-refractivity contribution is 0.0950. The van der Waals surface area contributed by atoms with E-state index in [0.717, 1.165) is 0 Å². The molecule has 0 unspecified atom stereocenters. The lowest BCUT2D eigenvalue weighted by atomic mass is 10.2. The summed E-state index contributed by atoms with van der Waals surface area (Å²) in [5.41, 5.74) is 3.16. The van der Waals surface area contributed by atoms with Crippen molar-refractivity contribution in [2.24, 2.45) is 5.84 Å². The summed E-state index contributed by atoms with van der Waals surface area (Å²) in [6.07, 6.45) is 0. The normalized spacial score (nSPS) is 9.92. The van der Waals surface area contributed by atoms with Gasteiger partial charge in [-0.05, 0) is 6.92 Å². The predicted octanol–water partition coefficient (Wildman–Crippen LogP) is -1.19. The maximum absolute atomic E-state index is 11.1. The first-order chi connectivity index (χ1) is 5.70. The van der Waals surface area contributed by atoms with Crippen molar-refractivity contribution in [1.29, 1.82) is 0 Å². The number of nitrogen functional groups attached to an aromatic ring is 1. The Kier molecular flexibility index (Phi) is 2.41. The summed E-state index contributed by atoms with van der Waals surface area (Å²) in [4.78, 5) is 11.1. The molecule has 66 valence electrons. The zero-order valence-corrected chi connectivity index (χ0v) is 6.59. The van der Waals surface area contributed by atoms with Gasteiger partial charge in [-0.3, -0.25) is 15.3 Å². The van der Waals surface area contributed by atoms with Gasteiger partial charge in [0.15, 0.2) is 0 Å². The van der Waals surface area contributed by atoms with Crippen molar-refractivity contribution in [3.63, 3.8) is 0 Å². The molecule has 0 saturated carbocycles. The topological polar surface area (TPSA) is 104 Å². The number of hydrogen-bond acceptors (Lipinski definition) is 4. The highest BCUT2D eigenvalue weighted by molar-refractivity contribution is 5.95. The number of nitrogens with zero attached hydrogens (tertiary/aromatic N) is 1. The van der Waals surface area contributed by atoms with Gasteiger partial charge in [0.1, 0.15) is 5.69 Å². The van der Waals surface area contributed by atoms with Crippen molar-refractivity contribution in [2.75, 3.05) is 0 Å². The molecular weight excluding hydrogens is 160 g/mol. The van der Waals surface area contributed by atoms with Gasteiger partial charge in [0.25, 0.3) is 5.91 Å². The van der Waals surface area contributed by atoms with E-state index in [1.807, 2.05) is 5.43 Å². The molecule has 0 aliphatic rings. The minimum Gasteiger partial charge on any atom is -0.390 e. The second-order valence-electron chi connectivity index (χ2n) is 2.30. The summed E-state index contributed by atoms with van der Waals surface area (Å²) >= 11 is 0. The molecule has 1 aromatic heterocycles. The Morgan fingerprint density at radius 3 is 3.00 bits per heavy atom. The van der Waals surface area contributed by atoms with E-state index in [4.69, 9.17) is 10.9 Å². The standard InChI is InChI=1S/C6H10N4O2/c1-3-5(6(12)8-7)4(2-11)10-9-3/h11H,2,7H2,1H3,(H,8,12)(H,9,10). The van der Waals surface area contributed by atoms with Crippen molar-refractivity contribution < 1.29 is 9.90 Å². The predicted molar refractivity (Wildman–Crippen MR) is 40.9 cm³/mol. The number of H-pyrrole nitrogens is 1. The van der Waals surface area contributed by atoms with Crippen LogP contribution in [-0.2, 0) is 6.61 Å². The van der Waals surface area contributed by atoms with E-state index in [9.17, 15) is 4.79 Å². The fourth-order valence-corrected chi connectivity index (χ4v) is 0.967. The third-order valence-electron chi connectivity index (χ3n) is 1.53. The number of aromatic nitrogens is 2. The quantitative estimate of drug-likeness (QED) is 0.254. The number of aryl methyl sites for hydroxylation is 1. The molecule has 0 fully saturated rings. The Labute approximate surface area is 68.7 Å². The summed E-state index contributed by atoms with van der Waals surface area (Å²) < 4.78 is 0. The number of carbonyl (C=O) groups is 1. The number of rotatable bonds is 2. The highest BCUT2D eigenvalue weighted by Gasteiger charge is 2.15. The first-order valence-electron chi connectivity index (χ1n) is 3.36. The molecule has 0 aromatic carbocycles. The maximum atomic E-state index is 11.1. The van der Waals surface area contributed by atoms with E-state index in [0.29, 0.717) is 17.0 Å². The summed E-state index contributed by atoms with van der Waals surface area (Å²) in [5.74, 6) is 4.48. The van der Waals surface area contributed by atoms with Gasteiger partial charge in [-0.1, -0.05) is 0 Å². The van der Waals surface area contributed by atoms with E-state index in [1.54, 1.807) is 6.92 Å². The van der Waals surface area contributed by atoms with E-state index >= 15 is 0 Å². The molecule has 1 amide bonds. The monoisotopic (exact) mass is 170 g/mol. The molecule has 6 nitrogen and oxygen atoms in total. The third kappa shape index (κ3) is 1.29. The molecule has 0 radical (unpaired) electrons. The molecule has 0 aliphatic carbocycles. The Balaban J connectivity index is 3.10. The van der Waals surface area contributed by atoms with Crippen LogP contribution in [-0.4, -0.2) is 21.2 Å². The summed E-state index contributed by atoms with van der Waals surface area (Å²) in [6, 6.07) is 0. The molecule has 0 aliphatic heterocycles. The van der Waals surface area contributed by atoms with Crippen LogP contribution in [0.25, 0.3) is 0 Å². The highest BCUT2D eigenvalue weighted by atomic mass is 16.3. The van der Waals surface area contributed by atoms with Crippen LogP contribution >= 0.6 is 0 Å². The van der Waals surface area contributed by atoms with E-state index in [1.165, 1.54) is 0 Å². The molecule has 6 heteroatoms. The Morgan fingerprint density at radius 2 is 2.50 bits per heavy atom. The summed E-state index contributed by atoms with van der Waals surface area (Å²) in [7, 11) is 0. The minimum absolute atomic E-state index is 0.285. The average molecular weight is 170 g/mol. The van der Waals surface area contributed by atoms with Gasteiger partial charge in [-0.15, -0.1) is 0 Å². The number of aliphatic hydroxyl groups is 1. The molecule has 1 heterocycles. The van der Waals surface area contributed by atoms with E-state index in [-0.39, 0.29) is 6.61 Å². The number of nitrogens with one attached hydrogen (secondary N) is 2. The van der Waals surface area contributed by atoms with Crippen LogP contribution < -0.4 is 11.3 Å². The zero-order valence-electron chi connectivity index (χ0n) is 6.59. The average Bonchev–Trinajstić information content (AvgIpc) is 2.45. The molecule has 1 aromatic rings. The molecule has 0 atom stereocenters. The fraction of sp³-hybridized carbons (Fsp3) is 0.333. The number of aromatic amines is 1. The van der Waals surface area contributed by atoms with Crippen LogP contribution in [0.5, 0.6) is 0 Å². The second kappa shape index (κ2) is 3.33. The van der Waals surface area contributed by atoms with Gasteiger partial charge in [-0.25, -0.2) is 5.84 Å². The van der Waals surface area contributed by atoms with Crippen molar-refractivity contribution in [3.05, 3.63) is 17.0 Å². The summed E-state index contributed by atoms with van der Waals surface area (Å²) in [5, 5.41) is 15.1. The number of amides is 1. The molecule has 0 bridgehead atoms. The largest absolute Gasteiger partial charge is 0.390 e. The number of aliphatic hydroxyl groups excluding tert-OH is 1. The number of carbonyl (C=O) groups excluding carboxylic acids is 1. The Hall–Kier alpha value is -1.40. The lowest BCUT2D eigenvalue weighted by Gasteiger charge is -1.98. The third-order valence-corrected chi connectivity index (χ3v) is 1.53. The SMILES string of the molecule is Cc1[nH]nc(CO)c1C(=O)NN. The Morgan fingerprint density at radius 1 is 1.83 bits per heavy atom. The second-order valence-corrected chi connectivity index (χ2v) is 2.30. The van der Waals surface area contributed by atoms with Gasteiger partial charge in [0, 0.05) is 5.69 Å². The minimum atomic E-state index is -0.453. The van der Waals surface area contributed by atoms with Crippen molar-refractivity contribution in [1.82, 2.24) is 15.6 Å². The number of nitrogens with two attached hydrogens (primary N) is 1. The fourth-order valence-electron chi connectivity index (χ4n) is 0.967. The van der Waals surface area contributed by atoms with Gasteiger partial charge in [0.05, 0.1) is 12.2 Å². The van der Waals surface area contributed by atoms with Crippen LogP contribution in [0.1, 0.15) is 21.7 Å². The maximum Gasteiger partial charge on any atom is 0.269 e. The molecule has 12 heavy (non-hydrogen) atoms. The van der Waals surface area contributed by atoms with E-state index in [2.05, 4.69) is 10.2 Å². The van der Waals surface area contributed by atoms with Gasteiger partial charge in [-0.2, -0.15) is 5.10 Å². The van der Waals surface area contributed by atoms with Crippen molar-refractivity contribution >= 4 is 5.91 Å². The van der Waals surface area contributed by atoms with Crippen LogP contribution in [0.4, 0.5) is 0 Å². The molecule has 5 N–H and O–H groups in total. The number of hydrazine groups is 1. The van der Waals surface area contributed by atoms with Crippen LogP contribution in [0.3, 0.4) is 0 Å². The molecular formula is C6H10N4O2. The lowest BCUT2D eigenvalue weighted by Crippen LogP contribution is -2.31. The molecule has 0 saturated heterocycles. The van der Waals surface area contributed by atoms with Crippen LogP contribution in [0, 0.1) is 6.92 Å². The van der Waals surface area contributed by atoms with Crippen molar-refractivity contribution in [2.45, 2.75) is 13.5 Å². The van der Waals surface area contributed by atoms with Gasteiger partial charge in [0.2, 0.25) is 0 Å².